The van der Waals surface area contributed by atoms with Crippen LogP contribution in [-0.2, 0) is 13.0 Å². The summed E-state index contributed by atoms with van der Waals surface area (Å²) in [6.07, 6.45) is 3.15. The van der Waals surface area contributed by atoms with Crippen molar-refractivity contribution in [3.05, 3.63) is 89.0 Å². The number of benzene rings is 2. The van der Waals surface area contributed by atoms with E-state index in [0.29, 0.717) is 13.1 Å². The third-order valence-corrected chi connectivity index (χ3v) is 5.90. The number of halogens is 1. The number of aryl methyl sites for hydroxylation is 1. The predicted octanol–water partition coefficient (Wildman–Crippen LogP) is 4.57. The van der Waals surface area contributed by atoms with Crippen molar-refractivity contribution in [3.63, 3.8) is 0 Å². The number of hydrogen-bond acceptors (Lipinski definition) is 3. The Morgan fingerprint density at radius 2 is 2.00 bits per heavy atom. The topological polar surface area (TPSA) is 53.4 Å². The van der Waals surface area contributed by atoms with Gasteiger partial charge in [0.25, 0.3) is 5.91 Å². The Morgan fingerprint density at radius 3 is 2.77 bits per heavy atom. The van der Waals surface area contributed by atoms with Crippen molar-refractivity contribution < 1.29 is 14.3 Å². The summed E-state index contributed by atoms with van der Waals surface area (Å²) < 4.78 is 14.0. The minimum atomic E-state index is -0.596. The molecule has 1 fully saturated rings. The highest BCUT2D eigenvalue weighted by Gasteiger charge is 2.31. The van der Waals surface area contributed by atoms with Crippen LogP contribution in [0.25, 0.3) is 11.1 Å². The first kappa shape index (κ1) is 20.2. The maximum absolute atomic E-state index is 14.0. The molecule has 1 saturated heterocycles. The van der Waals surface area contributed by atoms with Gasteiger partial charge >= 0.3 is 0 Å². The van der Waals surface area contributed by atoms with E-state index in [1.807, 2.05) is 18.2 Å². The largest absolute Gasteiger partial charge is 0.392 e. The van der Waals surface area contributed by atoms with Crippen LogP contribution in [0.2, 0.25) is 0 Å². The number of pyridine rings is 1. The van der Waals surface area contributed by atoms with Gasteiger partial charge in [0.2, 0.25) is 0 Å². The Hall–Kier alpha value is -3.05. The van der Waals surface area contributed by atoms with Gasteiger partial charge in [0.05, 0.1) is 6.61 Å². The highest BCUT2D eigenvalue weighted by atomic mass is 19.1. The molecule has 1 N–H and O–H groups in total. The summed E-state index contributed by atoms with van der Waals surface area (Å²) >= 11 is 0. The van der Waals surface area contributed by atoms with Crippen LogP contribution in [0.4, 0.5) is 4.39 Å². The molecular weight excluding hydrogens is 379 g/mol. The second-order valence-electron chi connectivity index (χ2n) is 7.65. The lowest BCUT2D eigenvalue weighted by Gasteiger charge is -2.19. The van der Waals surface area contributed by atoms with E-state index in [1.54, 1.807) is 4.90 Å². The van der Waals surface area contributed by atoms with E-state index >= 15 is 0 Å². The second kappa shape index (κ2) is 8.76. The molecule has 4 rings (SSSR count). The first-order valence-corrected chi connectivity index (χ1v) is 10.3. The first-order valence-electron chi connectivity index (χ1n) is 10.3. The standard InChI is InChI=1S/C25H25FN2O2/c1-2-17-6-3-4-7-21(17)18-9-10-22(20(14-18)16-29)19-11-13-28(15-19)25(30)24-23(26)8-5-12-27-24/h3-10,12,14,19,29H,2,11,13,15-16H2,1H3. The molecule has 1 aromatic heterocycles. The van der Waals surface area contributed by atoms with Crippen LogP contribution >= 0.6 is 0 Å². The van der Waals surface area contributed by atoms with Gasteiger partial charge in [-0.3, -0.25) is 4.79 Å². The Balaban J connectivity index is 1.58. The summed E-state index contributed by atoms with van der Waals surface area (Å²) in [4.78, 5) is 18.2. The number of aromatic nitrogens is 1. The molecule has 0 radical (unpaired) electrons. The summed E-state index contributed by atoms with van der Waals surface area (Å²) in [7, 11) is 0. The number of aliphatic hydroxyl groups excluding tert-OH is 1. The molecule has 2 aromatic carbocycles. The number of rotatable bonds is 5. The van der Waals surface area contributed by atoms with Gasteiger partial charge in [0, 0.05) is 25.2 Å². The predicted molar refractivity (Wildman–Crippen MR) is 115 cm³/mol. The molecule has 2 heterocycles. The zero-order valence-corrected chi connectivity index (χ0v) is 17.0. The van der Waals surface area contributed by atoms with E-state index in [2.05, 4.69) is 36.2 Å². The lowest BCUT2D eigenvalue weighted by atomic mass is 9.89. The number of amides is 1. The molecule has 1 aliphatic heterocycles. The summed E-state index contributed by atoms with van der Waals surface area (Å²) in [5.41, 5.74) is 5.32. The maximum atomic E-state index is 14.0. The van der Waals surface area contributed by atoms with Crippen LogP contribution in [0.15, 0.2) is 60.8 Å². The van der Waals surface area contributed by atoms with Crippen LogP contribution < -0.4 is 0 Å². The summed E-state index contributed by atoms with van der Waals surface area (Å²) in [6.45, 7) is 3.11. The van der Waals surface area contributed by atoms with Crippen LogP contribution in [0, 0.1) is 5.82 Å². The van der Waals surface area contributed by atoms with E-state index < -0.39 is 5.82 Å². The van der Waals surface area contributed by atoms with E-state index in [-0.39, 0.29) is 24.1 Å². The molecule has 0 bridgehead atoms. The van der Waals surface area contributed by atoms with Gasteiger partial charge in [-0.15, -0.1) is 0 Å². The molecule has 1 unspecified atom stereocenters. The Labute approximate surface area is 176 Å². The fraction of sp³-hybridized carbons (Fsp3) is 0.280. The average Bonchev–Trinajstić information content (AvgIpc) is 3.28. The minimum absolute atomic E-state index is 0.0587. The molecule has 0 saturated carbocycles. The Bertz CT molecular complexity index is 1070. The van der Waals surface area contributed by atoms with Crippen molar-refractivity contribution in [2.75, 3.05) is 13.1 Å². The van der Waals surface area contributed by atoms with Crippen molar-refractivity contribution in [2.45, 2.75) is 32.3 Å². The summed E-state index contributed by atoms with van der Waals surface area (Å²) in [6, 6.07) is 17.2. The molecule has 5 heteroatoms. The first-order chi connectivity index (χ1) is 14.6. The monoisotopic (exact) mass is 404 g/mol. The third kappa shape index (κ3) is 3.85. The van der Waals surface area contributed by atoms with E-state index in [1.165, 1.54) is 29.5 Å². The third-order valence-electron chi connectivity index (χ3n) is 5.90. The van der Waals surface area contributed by atoms with Gasteiger partial charge in [0.1, 0.15) is 0 Å². The van der Waals surface area contributed by atoms with E-state index in [4.69, 9.17) is 0 Å². The summed E-state index contributed by atoms with van der Waals surface area (Å²) in [5.74, 6) is -0.867. The van der Waals surface area contributed by atoms with Crippen molar-refractivity contribution in [1.82, 2.24) is 9.88 Å². The zero-order chi connectivity index (χ0) is 21.1. The normalized spacial score (nSPS) is 16.1. The molecule has 1 amide bonds. The Kier molecular flexibility index (Phi) is 5.91. The molecule has 30 heavy (non-hydrogen) atoms. The van der Waals surface area contributed by atoms with Crippen LogP contribution in [0.1, 0.15) is 46.4 Å². The van der Waals surface area contributed by atoms with Gasteiger partial charge in [0.15, 0.2) is 11.5 Å². The number of carbonyl (C=O) groups is 1. The van der Waals surface area contributed by atoms with Crippen LogP contribution in [-0.4, -0.2) is 34.0 Å². The molecule has 1 atom stereocenters. The number of likely N-dealkylation sites (tertiary alicyclic amines) is 1. The van der Waals surface area contributed by atoms with Crippen molar-refractivity contribution in [2.24, 2.45) is 0 Å². The second-order valence-corrected chi connectivity index (χ2v) is 7.65. The number of hydrogen-bond donors (Lipinski definition) is 1. The van der Waals surface area contributed by atoms with E-state index in [0.717, 1.165) is 29.5 Å². The number of nitrogens with zero attached hydrogens (tertiary/aromatic N) is 2. The minimum Gasteiger partial charge on any atom is -0.392 e. The molecule has 3 aromatic rings. The Morgan fingerprint density at radius 1 is 1.17 bits per heavy atom. The van der Waals surface area contributed by atoms with Crippen molar-refractivity contribution in [1.29, 1.82) is 0 Å². The van der Waals surface area contributed by atoms with Gasteiger partial charge in [-0.05, 0) is 58.9 Å². The fourth-order valence-corrected chi connectivity index (χ4v) is 4.31. The molecule has 0 aliphatic carbocycles. The quantitative estimate of drug-likeness (QED) is 0.678. The molecule has 154 valence electrons. The lowest BCUT2D eigenvalue weighted by Crippen LogP contribution is -2.30. The smallest absolute Gasteiger partial charge is 0.275 e. The zero-order valence-electron chi connectivity index (χ0n) is 17.0. The molecule has 4 nitrogen and oxygen atoms in total. The highest BCUT2D eigenvalue weighted by molar-refractivity contribution is 5.92. The van der Waals surface area contributed by atoms with Gasteiger partial charge in [-0.2, -0.15) is 0 Å². The molecule has 1 aliphatic rings. The average molecular weight is 404 g/mol. The van der Waals surface area contributed by atoms with Gasteiger partial charge < -0.3 is 10.0 Å². The highest BCUT2D eigenvalue weighted by Crippen LogP contribution is 2.34. The maximum Gasteiger partial charge on any atom is 0.275 e. The van der Waals surface area contributed by atoms with Crippen molar-refractivity contribution in [3.8, 4) is 11.1 Å². The molecule has 0 spiro atoms. The van der Waals surface area contributed by atoms with Crippen molar-refractivity contribution >= 4 is 5.91 Å². The number of aliphatic hydroxyl groups is 1. The molecular formula is C25H25FN2O2. The lowest BCUT2D eigenvalue weighted by molar-refractivity contribution is 0.0780. The van der Waals surface area contributed by atoms with Crippen LogP contribution in [0.5, 0.6) is 0 Å². The summed E-state index contributed by atoms with van der Waals surface area (Å²) in [5, 5.41) is 10.0. The fourth-order valence-electron chi connectivity index (χ4n) is 4.31. The van der Waals surface area contributed by atoms with Gasteiger partial charge in [-0.1, -0.05) is 43.3 Å². The SMILES string of the molecule is CCc1ccccc1-c1ccc(C2CCN(C(=O)c3ncccc3F)C2)c(CO)c1. The van der Waals surface area contributed by atoms with Gasteiger partial charge in [-0.25, -0.2) is 9.37 Å². The van der Waals surface area contributed by atoms with E-state index in [9.17, 15) is 14.3 Å². The number of carbonyl (C=O) groups excluding carboxylic acids is 1. The van der Waals surface area contributed by atoms with Crippen LogP contribution in [0.3, 0.4) is 0 Å².